The van der Waals surface area contributed by atoms with Crippen molar-refractivity contribution in [1.82, 2.24) is 9.80 Å². The smallest absolute Gasteiger partial charge is 0.123 e. The first-order chi connectivity index (χ1) is 10.2. The van der Waals surface area contributed by atoms with Gasteiger partial charge in [0.2, 0.25) is 0 Å². The average molecular weight is 290 g/mol. The Kier molecular flexibility index (Phi) is 4.48. The Morgan fingerprint density at radius 3 is 2.86 bits per heavy atom. The molecule has 0 aliphatic carbocycles. The van der Waals surface area contributed by atoms with Gasteiger partial charge in [0.05, 0.1) is 12.7 Å². The number of para-hydroxylation sites is 1. The van der Waals surface area contributed by atoms with Gasteiger partial charge in [-0.05, 0) is 26.3 Å². The summed E-state index contributed by atoms with van der Waals surface area (Å²) in [6.45, 7) is 8.88. The van der Waals surface area contributed by atoms with Crippen LogP contribution in [-0.2, 0) is 6.54 Å². The molecule has 2 saturated heterocycles. The van der Waals surface area contributed by atoms with E-state index >= 15 is 0 Å². The molecule has 4 nitrogen and oxygen atoms in total. The lowest BCUT2D eigenvalue weighted by molar-refractivity contribution is 0.0522. The third-order valence-electron chi connectivity index (χ3n) is 4.72. The van der Waals surface area contributed by atoms with Gasteiger partial charge in [0.1, 0.15) is 5.75 Å². The Morgan fingerprint density at radius 1 is 1.24 bits per heavy atom. The maximum Gasteiger partial charge on any atom is 0.123 e. The molecule has 0 aromatic heterocycles. The van der Waals surface area contributed by atoms with Crippen LogP contribution < -0.4 is 4.74 Å². The molecule has 0 radical (unpaired) electrons. The third-order valence-corrected chi connectivity index (χ3v) is 4.72. The Balaban J connectivity index is 1.70. The highest BCUT2D eigenvalue weighted by atomic mass is 16.5. The molecule has 116 valence electrons. The van der Waals surface area contributed by atoms with Crippen molar-refractivity contribution in [2.45, 2.75) is 45.0 Å². The Bertz CT molecular complexity index is 480. The van der Waals surface area contributed by atoms with Crippen LogP contribution in [-0.4, -0.2) is 59.3 Å². The second-order valence-corrected chi connectivity index (χ2v) is 6.32. The second-order valence-electron chi connectivity index (χ2n) is 6.32. The average Bonchev–Trinajstić information content (AvgIpc) is 2.81. The zero-order valence-corrected chi connectivity index (χ0v) is 13.0. The first-order valence-electron chi connectivity index (χ1n) is 8.04. The number of fused-ring (bicyclic) bond motifs is 1. The topological polar surface area (TPSA) is 35.9 Å². The molecule has 3 rings (SSSR count). The van der Waals surface area contributed by atoms with Gasteiger partial charge in [0.15, 0.2) is 0 Å². The molecule has 4 heteroatoms. The van der Waals surface area contributed by atoms with Gasteiger partial charge in [-0.15, -0.1) is 0 Å². The largest absolute Gasteiger partial charge is 0.494 e. The zero-order valence-electron chi connectivity index (χ0n) is 13.0. The van der Waals surface area contributed by atoms with Crippen molar-refractivity contribution in [3.8, 4) is 5.75 Å². The lowest BCUT2D eigenvalue weighted by atomic mass is 10.1. The molecular formula is C17H26N2O2. The number of piperazine rings is 1. The van der Waals surface area contributed by atoms with Crippen molar-refractivity contribution in [1.29, 1.82) is 0 Å². The summed E-state index contributed by atoms with van der Waals surface area (Å²) in [7, 11) is 0. The summed E-state index contributed by atoms with van der Waals surface area (Å²) in [5, 5.41) is 9.86. The summed E-state index contributed by atoms with van der Waals surface area (Å²) in [5.74, 6) is 1.00. The van der Waals surface area contributed by atoms with E-state index in [-0.39, 0.29) is 6.10 Å². The summed E-state index contributed by atoms with van der Waals surface area (Å²) in [6, 6.07) is 9.35. The fourth-order valence-electron chi connectivity index (χ4n) is 3.65. The Labute approximate surface area is 127 Å². The van der Waals surface area contributed by atoms with E-state index in [4.69, 9.17) is 4.74 Å². The van der Waals surface area contributed by atoms with Crippen LogP contribution in [0.25, 0.3) is 0 Å². The van der Waals surface area contributed by atoms with Gasteiger partial charge in [-0.25, -0.2) is 0 Å². The van der Waals surface area contributed by atoms with Gasteiger partial charge < -0.3 is 9.84 Å². The van der Waals surface area contributed by atoms with Gasteiger partial charge in [-0.1, -0.05) is 18.2 Å². The molecule has 2 fully saturated rings. The van der Waals surface area contributed by atoms with E-state index in [9.17, 15) is 5.11 Å². The minimum atomic E-state index is -0.141. The number of hydrogen-bond donors (Lipinski definition) is 1. The van der Waals surface area contributed by atoms with E-state index in [0.717, 1.165) is 38.3 Å². The molecule has 0 bridgehead atoms. The van der Waals surface area contributed by atoms with Crippen molar-refractivity contribution in [3.63, 3.8) is 0 Å². The summed E-state index contributed by atoms with van der Waals surface area (Å²) in [4.78, 5) is 4.97. The van der Waals surface area contributed by atoms with Crippen LogP contribution in [0.2, 0.25) is 0 Å². The number of aliphatic hydroxyl groups excluding tert-OH is 1. The van der Waals surface area contributed by atoms with E-state index in [0.29, 0.717) is 18.7 Å². The lowest BCUT2D eigenvalue weighted by Gasteiger charge is -2.42. The van der Waals surface area contributed by atoms with Crippen molar-refractivity contribution in [2.75, 3.05) is 26.2 Å². The number of nitrogens with zero attached hydrogens (tertiary/aromatic N) is 2. The first kappa shape index (κ1) is 14.8. The highest BCUT2D eigenvalue weighted by molar-refractivity contribution is 5.33. The summed E-state index contributed by atoms with van der Waals surface area (Å²) < 4.78 is 5.74. The fraction of sp³-hybridized carbons (Fsp3) is 0.647. The summed E-state index contributed by atoms with van der Waals surface area (Å²) in [5.41, 5.74) is 1.26. The van der Waals surface area contributed by atoms with Crippen LogP contribution in [0.1, 0.15) is 25.8 Å². The quantitative estimate of drug-likeness (QED) is 0.916. The fourth-order valence-corrected chi connectivity index (χ4v) is 3.65. The van der Waals surface area contributed by atoms with Gasteiger partial charge in [-0.2, -0.15) is 0 Å². The molecule has 1 unspecified atom stereocenters. The standard InChI is InChI=1S/C17H26N2O2/c1-3-21-17-7-5-4-6-14(17)10-18-11-15-8-16(20)12-19(15)9-13(18)2/h4-7,13,15-16,20H,3,8-12H2,1-2H3/t13-,15?,16-/m1/s1. The highest BCUT2D eigenvalue weighted by Crippen LogP contribution is 2.28. The molecule has 1 N–H and O–H groups in total. The molecule has 0 amide bonds. The molecule has 21 heavy (non-hydrogen) atoms. The molecule has 1 aromatic rings. The van der Waals surface area contributed by atoms with Gasteiger partial charge >= 0.3 is 0 Å². The van der Waals surface area contributed by atoms with E-state index < -0.39 is 0 Å². The van der Waals surface area contributed by atoms with Crippen LogP contribution in [0.15, 0.2) is 24.3 Å². The molecular weight excluding hydrogens is 264 g/mol. The number of aliphatic hydroxyl groups is 1. The van der Waals surface area contributed by atoms with Crippen LogP contribution in [0, 0.1) is 0 Å². The van der Waals surface area contributed by atoms with Gasteiger partial charge in [0, 0.05) is 43.8 Å². The number of ether oxygens (including phenoxy) is 1. The SMILES string of the molecule is CCOc1ccccc1CN1CC2C[C@@H](O)CN2C[C@H]1C. The maximum absolute atomic E-state index is 9.86. The molecule has 0 saturated carbocycles. The van der Waals surface area contributed by atoms with Crippen molar-refractivity contribution in [2.24, 2.45) is 0 Å². The zero-order chi connectivity index (χ0) is 14.8. The minimum Gasteiger partial charge on any atom is -0.494 e. The summed E-state index contributed by atoms with van der Waals surface area (Å²) >= 11 is 0. The van der Waals surface area contributed by atoms with Gasteiger partial charge in [-0.3, -0.25) is 9.80 Å². The van der Waals surface area contributed by atoms with Crippen LogP contribution in [0.5, 0.6) is 5.75 Å². The maximum atomic E-state index is 9.86. The van der Waals surface area contributed by atoms with E-state index in [2.05, 4.69) is 34.9 Å². The molecule has 0 spiro atoms. The lowest BCUT2D eigenvalue weighted by Crippen LogP contribution is -2.54. The van der Waals surface area contributed by atoms with Crippen molar-refractivity contribution in [3.05, 3.63) is 29.8 Å². The first-order valence-corrected chi connectivity index (χ1v) is 8.04. The number of rotatable bonds is 4. The monoisotopic (exact) mass is 290 g/mol. The second kappa shape index (κ2) is 6.34. The predicted molar refractivity (Wildman–Crippen MR) is 83.5 cm³/mol. The molecule has 2 heterocycles. The van der Waals surface area contributed by atoms with Crippen molar-refractivity contribution < 1.29 is 9.84 Å². The molecule has 1 aromatic carbocycles. The van der Waals surface area contributed by atoms with E-state index in [1.807, 2.05) is 13.0 Å². The van der Waals surface area contributed by atoms with Gasteiger partial charge in [0.25, 0.3) is 0 Å². The van der Waals surface area contributed by atoms with Crippen LogP contribution in [0.3, 0.4) is 0 Å². The van der Waals surface area contributed by atoms with Crippen molar-refractivity contribution >= 4 is 0 Å². The molecule has 3 atom stereocenters. The normalized spacial score (nSPS) is 30.3. The summed E-state index contributed by atoms with van der Waals surface area (Å²) in [6.07, 6.45) is 0.772. The number of hydrogen-bond acceptors (Lipinski definition) is 4. The molecule has 2 aliphatic rings. The predicted octanol–water partition coefficient (Wildman–Crippen LogP) is 1.72. The van der Waals surface area contributed by atoms with Crippen LogP contribution in [0.4, 0.5) is 0 Å². The highest BCUT2D eigenvalue weighted by Gasteiger charge is 2.38. The number of benzene rings is 1. The Hall–Kier alpha value is -1.10. The van der Waals surface area contributed by atoms with Crippen LogP contribution >= 0.6 is 0 Å². The Morgan fingerprint density at radius 2 is 2.05 bits per heavy atom. The third kappa shape index (κ3) is 3.23. The van der Waals surface area contributed by atoms with E-state index in [1.54, 1.807) is 0 Å². The van der Waals surface area contributed by atoms with E-state index in [1.165, 1.54) is 5.56 Å². The molecule has 2 aliphatic heterocycles. The minimum absolute atomic E-state index is 0.141.